The highest BCUT2D eigenvalue weighted by atomic mass is 16.5. The van der Waals surface area contributed by atoms with Crippen molar-refractivity contribution in [2.45, 2.75) is 31.8 Å². The minimum atomic E-state index is -0.317. The van der Waals surface area contributed by atoms with Gasteiger partial charge < -0.3 is 10.1 Å². The molecule has 1 atom stereocenters. The van der Waals surface area contributed by atoms with Gasteiger partial charge in [0.05, 0.1) is 6.10 Å². The summed E-state index contributed by atoms with van der Waals surface area (Å²) in [5.74, 6) is -0.276. The lowest BCUT2D eigenvalue weighted by atomic mass is 10.1. The number of hydrogen-bond acceptors (Lipinski definition) is 4. The molecule has 1 aromatic heterocycles. The molecule has 1 aliphatic rings. The lowest BCUT2D eigenvalue weighted by molar-refractivity contribution is 0.0117. The quantitative estimate of drug-likeness (QED) is 0.814. The molecule has 0 spiro atoms. The van der Waals surface area contributed by atoms with Gasteiger partial charge in [0.2, 0.25) is 0 Å². The molecule has 1 aromatic rings. The summed E-state index contributed by atoms with van der Waals surface area (Å²) in [5, 5.41) is 8.65. The summed E-state index contributed by atoms with van der Waals surface area (Å²) in [4.78, 5) is 22.5. The van der Waals surface area contributed by atoms with E-state index in [1.54, 1.807) is 0 Å². The predicted octanol–water partition coefficient (Wildman–Crippen LogP) is 0.459. The molecule has 2 heterocycles. The number of hydrogen-bond donors (Lipinski definition) is 2. The van der Waals surface area contributed by atoms with Gasteiger partial charge in [0.25, 0.3) is 11.5 Å². The van der Waals surface area contributed by atoms with Crippen molar-refractivity contribution in [2.24, 2.45) is 0 Å². The molecular formula is C12H17N3O3. The zero-order valence-corrected chi connectivity index (χ0v) is 10.1. The maximum Gasteiger partial charge on any atom is 0.271 e. The SMILES string of the molecule is O=C(NCCC1CCCCO1)c1ccc(=O)[nH]n1. The number of aromatic amines is 1. The van der Waals surface area contributed by atoms with Crippen LogP contribution in [-0.2, 0) is 4.74 Å². The second-order valence-corrected chi connectivity index (χ2v) is 4.34. The molecule has 1 aliphatic heterocycles. The van der Waals surface area contributed by atoms with Gasteiger partial charge in [-0.05, 0) is 31.7 Å². The lowest BCUT2D eigenvalue weighted by Gasteiger charge is -2.22. The normalized spacial score (nSPS) is 19.4. The molecule has 0 radical (unpaired) electrons. The number of carbonyl (C=O) groups is 1. The Hall–Kier alpha value is -1.69. The molecule has 1 unspecified atom stereocenters. The van der Waals surface area contributed by atoms with E-state index in [0.29, 0.717) is 6.54 Å². The maximum absolute atomic E-state index is 11.7. The summed E-state index contributed by atoms with van der Waals surface area (Å²) < 4.78 is 5.57. The number of rotatable bonds is 4. The highest BCUT2D eigenvalue weighted by Gasteiger charge is 2.14. The number of H-pyrrole nitrogens is 1. The van der Waals surface area contributed by atoms with Gasteiger partial charge in [0, 0.05) is 19.2 Å². The van der Waals surface area contributed by atoms with Crippen LogP contribution in [0.5, 0.6) is 0 Å². The minimum Gasteiger partial charge on any atom is -0.378 e. The van der Waals surface area contributed by atoms with Crippen LogP contribution in [0.25, 0.3) is 0 Å². The fourth-order valence-electron chi connectivity index (χ4n) is 1.94. The van der Waals surface area contributed by atoms with Gasteiger partial charge in [-0.2, -0.15) is 5.10 Å². The van der Waals surface area contributed by atoms with Crippen molar-refractivity contribution < 1.29 is 9.53 Å². The Balaban J connectivity index is 1.74. The minimum absolute atomic E-state index is 0.221. The van der Waals surface area contributed by atoms with E-state index in [9.17, 15) is 9.59 Å². The summed E-state index contributed by atoms with van der Waals surface area (Å²) in [6.45, 7) is 1.38. The van der Waals surface area contributed by atoms with E-state index >= 15 is 0 Å². The largest absolute Gasteiger partial charge is 0.378 e. The summed E-state index contributed by atoms with van der Waals surface area (Å²) in [6.07, 6.45) is 4.45. The molecule has 98 valence electrons. The molecule has 6 heteroatoms. The first-order valence-electron chi connectivity index (χ1n) is 6.21. The molecule has 6 nitrogen and oxygen atoms in total. The van der Waals surface area contributed by atoms with Crippen molar-refractivity contribution in [1.82, 2.24) is 15.5 Å². The molecule has 1 amide bonds. The summed E-state index contributed by atoms with van der Waals surface area (Å²) in [7, 11) is 0. The summed E-state index contributed by atoms with van der Waals surface area (Å²) in [6, 6.07) is 2.69. The van der Waals surface area contributed by atoms with Crippen LogP contribution in [0.4, 0.5) is 0 Å². The van der Waals surface area contributed by atoms with Gasteiger partial charge in [-0.15, -0.1) is 0 Å². The van der Waals surface area contributed by atoms with E-state index in [-0.39, 0.29) is 23.3 Å². The molecule has 0 saturated carbocycles. The average molecular weight is 251 g/mol. The number of nitrogens with zero attached hydrogens (tertiary/aromatic N) is 1. The molecule has 18 heavy (non-hydrogen) atoms. The van der Waals surface area contributed by atoms with Gasteiger partial charge in [-0.25, -0.2) is 5.10 Å². The highest BCUT2D eigenvalue weighted by molar-refractivity contribution is 5.91. The zero-order chi connectivity index (χ0) is 12.8. The van der Waals surface area contributed by atoms with Crippen molar-refractivity contribution >= 4 is 5.91 Å². The maximum atomic E-state index is 11.7. The number of nitrogens with one attached hydrogen (secondary N) is 2. The van der Waals surface area contributed by atoms with Gasteiger partial charge in [0.1, 0.15) is 5.69 Å². The van der Waals surface area contributed by atoms with E-state index in [2.05, 4.69) is 15.5 Å². The third-order valence-electron chi connectivity index (χ3n) is 2.94. The van der Waals surface area contributed by atoms with Crippen molar-refractivity contribution in [1.29, 1.82) is 0 Å². The van der Waals surface area contributed by atoms with E-state index in [0.717, 1.165) is 25.9 Å². The number of aromatic nitrogens is 2. The predicted molar refractivity (Wildman–Crippen MR) is 65.4 cm³/mol. The van der Waals surface area contributed by atoms with Gasteiger partial charge in [0.15, 0.2) is 0 Å². The van der Waals surface area contributed by atoms with Crippen LogP contribution in [-0.4, -0.2) is 35.4 Å². The molecule has 0 aliphatic carbocycles. The molecule has 1 saturated heterocycles. The summed E-state index contributed by atoms with van der Waals surface area (Å²) in [5.41, 5.74) is -0.0960. The number of carbonyl (C=O) groups excluding carboxylic acids is 1. The third kappa shape index (κ3) is 3.66. The van der Waals surface area contributed by atoms with Gasteiger partial charge in [-0.1, -0.05) is 0 Å². The van der Waals surface area contributed by atoms with Crippen LogP contribution in [0.15, 0.2) is 16.9 Å². The fraction of sp³-hybridized carbons (Fsp3) is 0.583. The van der Waals surface area contributed by atoms with Crippen LogP contribution < -0.4 is 10.9 Å². The molecule has 0 aromatic carbocycles. The van der Waals surface area contributed by atoms with Gasteiger partial charge in [-0.3, -0.25) is 9.59 Å². The fourth-order valence-corrected chi connectivity index (χ4v) is 1.94. The van der Waals surface area contributed by atoms with Crippen molar-refractivity contribution in [3.63, 3.8) is 0 Å². The first kappa shape index (κ1) is 12.8. The second kappa shape index (κ2) is 6.30. The van der Waals surface area contributed by atoms with Gasteiger partial charge >= 0.3 is 0 Å². The van der Waals surface area contributed by atoms with Crippen LogP contribution in [0, 0.1) is 0 Å². The monoisotopic (exact) mass is 251 g/mol. The Labute approximate surface area is 105 Å². The number of ether oxygens (including phenoxy) is 1. The Morgan fingerprint density at radius 2 is 2.39 bits per heavy atom. The second-order valence-electron chi connectivity index (χ2n) is 4.34. The average Bonchev–Trinajstić information content (AvgIpc) is 2.40. The molecule has 1 fully saturated rings. The molecule has 0 bridgehead atoms. The van der Waals surface area contributed by atoms with Crippen molar-refractivity contribution in [2.75, 3.05) is 13.2 Å². The topological polar surface area (TPSA) is 84.1 Å². The third-order valence-corrected chi connectivity index (χ3v) is 2.94. The van der Waals surface area contributed by atoms with Crippen molar-refractivity contribution in [3.05, 3.63) is 28.2 Å². The van der Waals surface area contributed by atoms with E-state index < -0.39 is 0 Å². The van der Waals surface area contributed by atoms with Crippen molar-refractivity contribution in [3.8, 4) is 0 Å². The Bertz CT molecular complexity index is 432. The summed E-state index contributed by atoms with van der Waals surface area (Å²) >= 11 is 0. The Kier molecular flexibility index (Phi) is 4.46. The molecule has 2 rings (SSSR count). The van der Waals surface area contributed by atoms with Crippen LogP contribution in [0.1, 0.15) is 36.2 Å². The Morgan fingerprint density at radius 1 is 1.50 bits per heavy atom. The van der Waals surface area contributed by atoms with E-state index in [4.69, 9.17) is 4.74 Å². The number of amides is 1. The first-order chi connectivity index (χ1) is 8.75. The van der Waals surface area contributed by atoms with E-state index in [1.165, 1.54) is 18.6 Å². The molecule has 2 N–H and O–H groups in total. The van der Waals surface area contributed by atoms with Crippen LogP contribution in [0.3, 0.4) is 0 Å². The molecular weight excluding hydrogens is 234 g/mol. The standard InChI is InChI=1S/C12H17N3O3/c16-11-5-4-10(14-15-11)12(17)13-7-6-9-3-1-2-8-18-9/h4-5,9H,1-3,6-8H2,(H,13,17)(H,15,16). The van der Waals surface area contributed by atoms with Crippen LogP contribution in [0.2, 0.25) is 0 Å². The van der Waals surface area contributed by atoms with E-state index in [1.807, 2.05) is 0 Å². The Morgan fingerprint density at radius 3 is 3.06 bits per heavy atom. The zero-order valence-electron chi connectivity index (χ0n) is 10.1. The lowest BCUT2D eigenvalue weighted by Crippen LogP contribution is -2.30. The smallest absolute Gasteiger partial charge is 0.271 e. The first-order valence-corrected chi connectivity index (χ1v) is 6.21. The van der Waals surface area contributed by atoms with Crippen LogP contribution >= 0.6 is 0 Å². The highest BCUT2D eigenvalue weighted by Crippen LogP contribution is 2.14.